The minimum Gasteiger partial charge on any atom is -0.345 e. The zero-order valence-corrected chi connectivity index (χ0v) is 12.4. The standard InChI is InChI=1S/C13H23F3N2O2/c1-5-6-18(8-13(14,15)16)7-11(20)17-12(9(2)3)10(4)19/h9,12H,5-8H2,1-4H3,(H,17,20). The molecule has 0 fully saturated rings. The topological polar surface area (TPSA) is 49.4 Å². The molecule has 0 aliphatic rings. The van der Waals surface area contributed by atoms with E-state index in [1.807, 2.05) is 0 Å². The van der Waals surface area contributed by atoms with Crippen molar-refractivity contribution < 1.29 is 22.8 Å². The van der Waals surface area contributed by atoms with Crippen LogP contribution in [0.5, 0.6) is 0 Å². The van der Waals surface area contributed by atoms with Gasteiger partial charge in [0.05, 0.1) is 19.1 Å². The normalized spacial score (nSPS) is 13.7. The van der Waals surface area contributed by atoms with Gasteiger partial charge in [-0.3, -0.25) is 14.5 Å². The number of rotatable bonds is 8. The second kappa shape index (κ2) is 8.24. The Morgan fingerprint density at radius 3 is 2.15 bits per heavy atom. The van der Waals surface area contributed by atoms with Gasteiger partial charge < -0.3 is 5.32 Å². The predicted molar refractivity (Wildman–Crippen MR) is 70.2 cm³/mol. The summed E-state index contributed by atoms with van der Waals surface area (Å²) in [6, 6.07) is -0.656. The van der Waals surface area contributed by atoms with Crippen molar-refractivity contribution in [1.29, 1.82) is 0 Å². The molecule has 1 amide bonds. The molecule has 0 spiro atoms. The maximum Gasteiger partial charge on any atom is 0.401 e. The van der Waals surface area contributed by atoms with Crippen molar-refractivity contribution >= 4 is 11.7 Å². The number of halogens is 3. The van der Waals surface area contributed by atoms with Crippen LogP contribution in [-0.4, -0.2) is 48.4 Å². The second-order valence-electron chi connectivity index (χ2n) is 5.23. The van der Waals surface area contributed by atoms with Crippen LogP contribution in [0.2, 0.25) is 0 Å². The molecular weight excluding hydrogens is 273 g/mol. The molecule has 0 aromatic carbocycles. The molecule has 0 radical (unpaired) electrons. The fourth-order valence-corrected chi connectivity index (χ4v) is 1.94. The molecule has 1 unspecified atom stereocenters. The van der Waals surface area contributed by atoms with Gasteiger partial charge in [0.1, 0.15) is 0 Å². The first-order valence-electron chi connectivity index (χ1n) is 6.65. The Morgan fingerprint density at radius 2 is 1.80 bits per heavy atom. The molecule has 0 aliphatic carbocycles. The summed E-state index contributed by atoms with van der Waals surface area (Å²) in [7, 11) is 0. The Labute approximate surface area is 117 Å². The van der Waals surface area contributed by atoms with Gasteiger partial charge in [-0.2, -0.15) is 13.2 Å². The summed E-state index contributed by atoms with van der Waals surface area (Å²) in [5, 5.41) is 2.49. The summed E-state index contributed by atoms with van der Waals surface area (Å²) >= 11 is 0. The highest BCUT2D eigenvalue weighted by Gasteiger charge is 2.31. The number of amides is 1. The Hall–Kier alpha value is -1.11. The van der Waals surface area contributed by atoms with Crippen LogP contribution in [0.15, 0.2) is 0 Å². The van der Waals surface area contributed by atoms with E-state index in [-0.39, 0.29) is 24.8 Å². The minimum absolute atomic E-state index is 0.0984. The number of hydrogen-bond donors (Lipinski definition) is 1. The van der Waals surface area contributed by atoms with Crippen molar-refractivity contribution in [2.24, 2.45) is 5.92 Å². The fourth-order valence-electron chi connectivity index (χ4n) is 1.94. The number of alkyl halides is 3. The molecule has 0 aliphatic heterocycles. The Morgan fingerprint density at radius 1 is 1.25 bits per heavy atom. The first-order chi connectivity index (χ1) is 9.06. The highest BCUT2D eigenvalue weighted by molar-refractivity contribution is 5.88. The van der Waals surface area contributed by atoms with Crippen LogP contribution >= 0.6 is 0 Å². The van der Waals surface area contributed by atoms with Crippen molar-refractivity contribution in [3.63, 3.8) is 0 Å². The van der Waals surface area contributed by atoms with Gasteiger partial charge in [0, 0.05) is 0 Å². The summed E-state index contributed by atoms with van der Waals surface area (Å²) in [4.78, 5) is 24.1. The lowest BCUT2D eigenvalue weighted by Crippen LogP contribution is -2.48. The Kier molecular flexibility index (Phi) is 7.78. The van der Waals surface area contributed by atoms with Gasteiger partial charge in [0.25, 0.3) is 0 Å². The molecule has 0 saturated carbocycles. The number of hydrogen-bond acceptors (Lipinski definition) is 3. The summed E-state index contributed by atoms with van der Waals surface area (Å²) in [6.07, 6.45) is -3.82. The zero-order valence-electron chi connectivity index (χ0n) is 12.4. The molecule has 118 valence electrons. The molecule has 4 nitrogen and oxygen atoms in total. The summed E-state index contributed by atoms with van der Waals surface area (Å²) in [5.74, 6) is -0.860. The van der Waals surface area contributed by atoms with Gasteiger partial charge in [-0.1, -0.05) is 20.8 Å². The minimum atomic E-state index is -4.34. The largest absolute Gasteiger partial charge is 0.401 e. The molecule has 0 aromatic heterocycles. The van der Waals surface area contributed by atoms with Gasteiger partial charge in [-0.05, 0) is 25.8 Å². The lowest BCUT2D eigenvalue weighted by molar-refractivity contribution is -0.149. The number of Topliss-reactive ketones (excluding diaryl/α,β-unsaturated/α-hetero) is 1. The summed E-state index contributed by atoms with van der Waals surface area (Å²) < 4.78 is 37.1. The van der Waals surface area contributed by atoms with Crippen LogP contribution in [0.1, 0.15) is 34.1 Å². The first kappa shape index (κ1) is 18.9. The van der Waals surface area contributed by atoms with Crippen LogP contribution in [-0.2, 0) is 9.59 Å². The SMILES string of the molecule is CCCN(CC(=O)NC(C(C)=O)C(C)C)CC(F)(F)F. The molecule has 1 atom stereocenters. The lowest BCUT2D eigenvalue weighted by Gasteiger charge is -2.25. The highest BCUT2D eigenvalue weighted by atomic mass is 19.4. The van der Waals surface area contributed by atoms with Crippen LogP contribution in [0.25, 0.3) is 0 Å². The molecular formula is C13H23F3N2O2. The van der Waals surface area contributed by atoms with Crippen LogP contribution in [0, 0.1) is 5.92 Å². The second-order valence-corrected chi connectivity index (χ2v) is 5.23. The van der Waals surface area contributed by atoms with E-state index in [2.05, 4.69) is 5.32 Å². The summed E-state index contributed by atoms with van der Waals surface area (Å²) in [5.41, 5.74) is 0. The van der Waals surface area contributed by atoms with E-state index in [4.69, 9.17) is 0 Å². The van der Waals surface area contributed by atoms with E-state index in [9.17, 15) is 22.8 Å². The third kappa shape index (κ3) is 8.14. The molecule has 0 heterocycles. The van der Waals surface area contributed by atoms with Crippen LogP contribution in [0.3, 0.4) is 0 Å². The quantitative estimate of drug-likeness (QED) is 0.745. The monoisotopic (exact) mass is 296 g/mol. The van der Waals surface area contributed by atoms with Gasteiger partial charge in [0.2, 0.25) is 5.91 Å². The van der Waals surface area contributed by atoms with Crippen molar-refractivity contribution in [2.75, 3.05) is 19.6 Å². The number of carbonyl (C=O) groups is 2. The average molecular weight is 296 g/mol. The molecule has 0 bridgehead atoms. The van der Waals surface area contributed by atoms with Crippen molar-refractivity contribution in [3.05, 3.63) is 0 Å². The van der Waals surface area contributed by atoms with E-state index in [0.29, 0.717) is 6.42 Å². The number of carbonyl (C=O) groups excluding carboxylic acids is 2. The van der Waals surface area contributed by atoms with Crippen molar-refractivity contribution in [3.8, 4) is 0 Å². The third-order valence-corrected chi connectivity index (χ3v) is 2.73. The first-order valence-corrected chi connectivity index (χ1v) is 6.65. The van der Waals surface area contributed by atoms with Gasteiger partial charge in [-0.15, -0.1) is 0 Å². The van der Waals surface area contributed by atoms with Gasteiger partial charge in [-0.25, -0.2) is 0 Å². The van der Waals surface area contributed by atoms with Crippen molar-refractivity contribution in [2.45, 2.75) is 46.3 Å². The van der Waals surface area contributed by atoms with Gasteiger partial charge >= 0.3 is 6.18 Å². The number of nitrogens with one attached hydrogen (secondary N) is 1. The maximum absolute atomic E-state index is 12.4. The molecule has 0 rings (SSSR count). The Balaban J connectivity index is 4.56. The highest BCUT2D eigenvalue weighted by Crippen LogP contribution is 2.16. The fraction of sp³-hybridized carbons (Fsp3) is 0.846. The van der Waals surface area contributed by atoms with Crippen LogP contribution < -0.4 is 5.32 Å². The van der Waals surface area contributed by atoms with E-state index in [1.54, 1.807) is 20.8 Å². The smallest absolute Gasteiger partial charge is 0.345 e. The van der Waals surface area contributed by atoms with Gasteiger partial charge in [0.15, 0.2) is 5.78 Å². The molecule has 0 aromatic rings. The third-order valence-electron chi connectivity index (χ3n) is 2.73. The molecule has 1 N–H and O–H groups in total. The maximum atomic E-state index is 12.4. The molecule has 7 heteroatoms. The van der Waals surface area contributed by atoms with Crippen molar-refractivity contribution in [1.82, 2.24) is 10.2 Å². The van der Waals surface area contributed by atoms with Crippen LogP contribution in [0.4, 0.5) is 13.2 Å². The molecule has 20 heavy (non-hydrogen) atoms. The van der Waals surface area contributed by atoms with E-state index in [0.717, 1.165) is 4.90 Å². The zero-order chi connectivity index (χ0) is 15.9. The van der Waals surface area contributed by atoms with E-state index in [1.165, 1.54) is 6.92 Å². The molecule has 0 saturated heterocycles. The predicted octanol–water partition coefficient (Wildman–Crippen LogP) is 1.99. The average Bonchev–Trinajstić information content (AvgIpc) is 2.22. The number of ketones is 1. The van der Waals surface area contributed by atoms with E-state index < -0.39 is 24.7 Å². The number of nitrogens with zero attached hydrogens (tertiary/aromatic N) is 1. The van der Waals surface area contributed by atoms with E-state index >= 15 is 0 Å². The Bertz CT molecular complexity index is 330. The summed E-state index contributed by atoms with van der Waals surface area (Å²) in [6.45, 7) is 5.33. The lowest BCUT2D eigenvalue weighted by atomic mass is 10.0.